The van der Waals surface area contributed by atoms with Crippen molar-refractivity contribution in [3.8, 4) is 0 Å². The van der Waals surface area contributed by atoms with Crippen molar-refractivity contribution >= 4 is 6.79 Å². The van der Waals surface area contributed by atoms with E-state index in [9.17, 15) is 0 Å². The van der Waals surface area contributed by atoms with E-state index in [0.717, 1.165) is 0 Å². The first-order chi connectivity index (χ1) is 1.00. The van der Waals surface area contributed by atoms with Gasteiger partial charge >= 0.3 is 0 Å². The van der Waals surface area contributed by atoms with Crippen molar-refractivity contribution in [3.63, 3.8) is 0 Å². The largest absolute Gasteiger partial charge is 0.307 e. The van der Waals surface area contributed by atoms with E-state index in [4.69, 9.17) is 4.79 Å². The van der Waals surface area contributed by atoms with Gasteiger partial charge in [-0.15, -0.1) is 0 Å². The SMILES string of the molecule is C=O.[Co].[Co]. The van der Waals surface area contributed by atoms with Crippen LogP contribution in [-0.2, 0) is 38.4 Å². The Kier molecular flexibility index (Phi) is 319. The summed E-state index contributed by atoms with van der Waals surface area (Å²) in [6, 6.07) is 0. The van der Waals surface area contributed by atoms with E-state index < -0.39 is 0 Å². The molecule has 0 saturated heterocycles. The van der Waals surface area contributed by atoms with E-state index in [1.807, 2.05) is 6.79 Å². The van der Waals surface area contributed by atoms with Crippen LogP contribution in [0.1, 0.15) is 0 Å². The van der Waals surface area contributed by atoms with Gasteiger partial charge in [0.1, 0.15) is 6.79 Å². The minimum Gasteiger partial charge on any atom is -0.307 e. The number of carbonyl (C=O) groups excluding carboxylic acids is 1. The van der Waals surface area contributed by atoms with Crippen LogP contribution in [0.4, 0.5) is 0 Å². The first kappa shape index (κ1) is 22.4. The van der Waals surface area contributed by atoms with Crippen molar-refractivity contribution in [2.75, 3.05) is 0 Å². The van der Waals surface area contributed by atoms with Crippen LogP contribution in [0, 0.1) is 0 Å². The summed E-state index contributed by atoms with van der Waals surface area (Å²) < 4.78 is 0. The standard InChI is InChI=1S/CH2O.2Co/c1-2;;/h1H2;;. The summed E-state index contributed by atoms with van der Waals surface area (Å²) in [7, 11) is 0. The van der Waals surface area contributed by atoms with Crippen molar-refractivity contribution in [3.05, 3.63) is 0 Å². The zero-order valence-electron chi connectivity index (χ0n) is 1.78. The zero-order chi connectivity index (χ0) is 2.00. The molecule has 0 aliphatic carbocycles. The summed E-state index contributed by atoms with van der Waals surface area (Å²) in [6.45, 7) is 2.00. The van der Waals surface area contributed by atoms with E-state index in [0.29, 0.717) is 0 Å². The molecule has 1 nitrogen and oxygen atoms in total. The number of hydrogen-bond acceptors (Lipinski definition) is 1. The third-order valence-electron chi connectivity index (χ3n) is 0. The second-order valence-corrected chi connectivity index (χ2v) is 0. The molecule has 0 saturated carbocycles. The average molecular weight is 148 g/mol. The molecule has 0 amide bonds. The Morgan fingerprint density at radius 2 is 1.00 bits per heavy atom. The van der Waals surface area contributed by atoms with E-state index in [1.165, 1.54) is 0 Å². The summed E-state index contributed by atoms with van der Waals surface area (Å²) in [5.74, 6) is 0. The molecular formula is CH2Co2O. The molecule has 0 aromatic rings. The molecule has 0 aliphatic rings. The second-order valence-electron chi connectivity index (χ2n) is 0. The summed E-state index contributed by atoms with van der Waals surface area (Å²) in [5, 5.41) is 0. The van der Waals surface area contributed by atoms with Crippen LogP contribution >= 0.6 is 0 Å². The maximum absolute atomic E-state index is 8.00. The molecule has 4 heavy (non-hydrogen) atoms. The van der Waals surface area contributed by atoms with Gasteiger partial charge in [-0.05, 0) is 0 Å². The fourth-order valence-electron chi connectivity index (χ4n) is 0. The molecular weight excluding hydrogens is 146 g/mol. The molecule has 0 unspecified atom stereocenters. The van der Waals surface area contributed by atoms with Crippen LogP contribution in [0.5, 0.6) is 0 Å². The molecule has 2 radical (unpaired) electrons. The van der Waals surface area contributed by atoms with E-state index in [1.54, 1.807) is 0 Å². The van der Waals surface area contributed by atoms with Gasteiger partial charge in [-0.25, -0.2) is 0 Å². The fourth-order valence-corrected chi connectivity index (χ4v) is 0. The van der Waals surface area contributed by atoms with Crippen LogP contribution < -0.4 is 0 Å². The summed E-state index contributed by atoms with van der Waals surface area (Å²) in [5.41, 5.74) is 0. The van der Waals surface area contributed by atoms with Crippen LogP contribution in [0.15, 0.2) is 0 Å². The molecule has 0 heterocycles. The normalized spacial score (nSPS) is 1.00. The molecule has 0 aromatic heterocycles. The number of hydrogen-bond donors (Lipinski definition) is 0. The summed E-state index contributed by atoms with van der Waals surface area (Å²) in [6.07, 6.45) is 0. The molecule has 0 aliphatic heterocycles. The van der Waals surface area contributed by atoms with Crippen LogP contribution in [-0.4, -0.2) is 6.79 Å². The van der Waals surface area contributed by atoms with Gasteiger partial charge in [-0.3, -0.25) is 0 Å². The summed E-state index contributed by atoms with van der Waals surface area (Å²) in [4.78, 5) is 8.00. The first-order valence-electron chi connectivity index (χ1n) is 0.289. The molecule has 0 N–H and O–H groups in total. The van der Waals surface area contributed by atoms with Crippen molar-refractivity contribution in [1.29, 1.82) is 0 Å². The summed E-state index contributed by atoms with van der Waals surface area (Å²) >= 11 is 0. The third-order valence-corrected chi connectivity index (χ3v) is 0. The smallest absolute Gasteiger partial charge is 0.106 e. The Morgan fingerprint density at radius 1 is 1.00 bits per heavy atom. The van der Waals surface area contributed by atoms with Crippen molar-refractivity contribution in [1.82, 2.24) is 0 Å². The van der Waals surface area contributed by atoms with Gasteiger partial charge in [-0.1, -0.05) is 0 Å². The zero-order valence-corrected chi connectivity index (χ0v) is 3.86. The Morgan fingerprint density at radius 3 is 1.00 bits per heavy atom. The quantitative estimate of drug-likeness (QED) is 0.465. The van der Waals surface area contributed by atoms with Crippen LogP contribution in [0.2, 0.25) is 0 Å². The van der Waals surface area contributed by atoms with Gasteiger partial charge < -0.3 is 4.79 Å². The molecule has 0 bridgehead atoms. The maximum Gasteiger partial charge on any atom is 0.106 e. The van der Waals surface area contributed by atoms with Gasteiger partial charge in [0.15, 0.2) is 0 Å². The molecule has 0 rings (SSSR count). The van der Waals surface area contributed by atoms with E-state index in [2.05, 4.69) is 0 Å². The molecule has 0 spiro atoms. The van der Waals surface area contributed by atoms with Gasteiger partial charge in [0.25, 0.3) is 0 Å². The Labute approximate surface area is 45.5 Å². The van der Waals surface area contributed by atoms with Gasteiger partial charge in [-0.2, -0.15) is 0 Å². The average Bonchev–Trinajstić information content (AvgIpc) is 1.00. The van der Waals surface area contributed by atoms with Gasteiger partial charge in [0.05, 0.1) is 0 Å². The fraction of sp³-hybridized carbons (Fsp3) is 0. The molecule has 3 heteroatoms. The molecule has 0 aromatic carbocycles. The van der Waals surface area contributed by atoms with Gasteiger partial charge in [0, 0.05) is 33.6 Å². The van der Waals surface area contributed by atoms with Crippen LogP contribution in [0.25, 0.3) is 0 Å². The topological polar surface area (TPSA) is 17.1 Å². The van der Waals surface area contributed by atoms with Crippen molar-refractivity contribution in [2.45, 2.75) is 0 Å². The molecule has 30 valence electrons. The maximum atomic E-state index is 8.00. The second kappa shape index (κ2) is 56.8. The molecule has 0 atom stereocenters. The van der Waals surface area contributed by atoms with Crippen molar-refractivity contribution in [2.24, 2.45) is 0 Å². The van der Waals surface area contributed by atoms with Gasteiger partial charge in [0.2, 0.25) is 0 Å². The number of carbonyl (C=O) groups is 1. The predicted octanol–water partition coefficient (Wildman–Crippen LogP) is -0.190. The first-order valence-corrected chi connectivity index (χ1v) is 0.289. The number of rotatable bonds is 0. The minimum atomic E-state index is 0. The van der Waals surface area contributed by atoms with E-state index in [-0.39, 0.29) is 33.6 Å². The third kappa shape index (κ3) is 16.3. The minimum absolute atomic E-state index is 0. The predicted molar refractivity (Wildman–Crippen MR) is 7.12 cm³/mol. The Hall–Kier alpha value is 0.683. The Balaban J connectivity index is -0.00000000500. The van der Waals surface area contributed by atoms with Crippen molar-refractivity contribution < 1.29 is 38.4 Å². The molecule has 0 fully saturated rings. The monoisotopic (exact) mass is 148 g/mol. The van der Waals surface area contributed by atoms with E-state index >= 15 is 0 Å². The van der Waals surface area contributed by atoms with Crippen LogP contribution in [0.3, 0.4) is 0 Å². The Bertz CT molecular complexity index is 6.00.